The molecule has 7 nitrogen and oxygen atoms in total. The Kier molecular flexibility index (Phi) is 5.02. The Morgan fingerprint density at radius 2 is 1.80 bits per heavy atom. The van der Waals surface area contributed by atoms with E-state index in [1.807, 2.05) is 18.2 Å². The minimum atomic E-state index is -0.842. The number of fused-ring (bicyclic) bond motifs is 1. The third-order valence-corrected chi connectivity index (χ3v) is 4.29. The molecule has 25 heavy (non-hydrogen) atoms. The van der Waals surface area contributed by atoms with Crippen molar-refractivity contribution in [3.05, 3.63) is 41.5 Å². The van der Waals surface area contributed by atoms with Crippen molar-refractivity contribution in [2.24, 2.45) is 0 Å². The maximum Gasteiger partial charge on any atom is 0.347 e. The van der Waals surface area contributed by atoms with Crippen LogP contribution in [0.3, 0.4) is 0 Å². The molecule has 1 aliphatic rings. The highest BCUT2D eigenvalue weighted by atomic mass is 16.6. The molecule has 0 N–H and O–H groups in total. The molecule has 1 aromatic carbocycles. The first kappa shape index (κ1) is 17.0. The normalized spacial score (nSPS) is 16.7. The minimum Gasteiger partial charge on any atom is -0.481 e. The summed E-state index contributed by atoms with van der Waals surface area (Å²) >= 11 is 0. The molecule has 1 aromatic heterocycles. The molecule has 0 aliphatic heterocycles. The molecule has 0 spiro atoms. The maximum atomic E-state index is 12.4. The Morgan fingerprint density at radius 3 is 2.44 bits per heavy atom. The molecule has 2 atom stereocenters. The predicted molar refractivity (Wildman–Crippen MR) is 89.1 cm³/mol. The average Bonchev–Trinajstić information content (AvgIpc) is 3.09. The van der Waals surface area contributed by atoms with E-state index in [2.05, 4.69) is 16.0 Å². The highest BCUT2D eigenvalue weighted by Crippen LogP contribution is 2.37. The molecule has 1 aliphatic carbocycles. The zero-order valence-electron chi connectivity index (χ0n) is 14.4. The van der Waals surface area contributed by atoms with Crippen molar-refractivity contribution in [3.8, 4) is 17.8 Å². The number of rotatable bonds is 6. The summed E-state index contributed by atoms with van der Waals surface area (Å²) in [6, 6.07) is 9.57. The van der Waals surface area contributed by atoms with E-state index in [0.717, 1.165) is 18.4 Å². The lowest BCUT2D eigenvalue weighted by molar-refractivity contribution is -0.150. The molecule has 0 saturated carbocycles. The summed E-state index contributed by atoms with van der Waals surface area (Å²) in [5, 5.41) is 0. The Morgan fingerprint density at radius 1 is 1.12 bits per heavy atom. The van der Waals surface area contributed by atoms with Crippen molar-refractivity contribution in [3.63, 3.8) is 0 Å². The summed E-state index contributed by atoms with van der Waals surface area (Å²) in [7, 11) is 4.31. The van der Waals surface area contributed by atoms with E-state index in [1.165, 1.54) is 33.0 Å². The lowest BCUT2D eigenvalue weighted by Gasteiger charge is -2.22. The molecular weight excluding hydrogens is 324 g/mol. The minimum absolute atomic E-state index is 0.0102. The van der Waals surface area contributed by atoms with Crippen LogP contribution in [-0.4, -0.2) is 43.4 Å². The van der Waals surface area contributed by atoms with Gasteiger partial charge in [-0.25, -0.2) is 4.79 Å². The second-order valence-corrected chi connectivity index (χ2v) is 5.64. The fourth-order valence-corrected chi connectivity index (χ4v) is 3.07. The van der Waals surface area contributed by atoms with Crippen LogP contribution in [0.4, 0.5) is 0 Å². The van der Waals surface area contributed by atoms with Crippen LogP contribution in [0, 0.1) is 0 Å². The van der Waals surface area contributed by atoms with Gasteiger partial charge in [0.25, 0.3) is 0 Å². The zero-order chi connectivity index (χ0) is 17.8. The monoisotopic (exact) mass is 344 g/mol. The Balaban J connectivity index is 1.92. The molecule has 7 heteroatoms. The highest BCUT2D eigenvalue weighted by molar-refractivity contribution is 5.76. The Hall–Kier alpha value is -2.83. The van der Waals surface area contributed by atoms with Gasteiger partial charge in [-0.2, -0.15) is 9.97 Å². The molecule has 0 fully saturated rings. The number of carbonyl (C=O) groups excluding carboxylic acids is 1. The molecular formula is C18H20N2O5. The van der Waals surface area contributed by atoms with Gasteiger partial charge >= 0.3 is 12.0 Å². The van der Waals surface area contributed by atoms with E-state index in [0.29, 0.717) is 0 Å². The maximum absolute atomic E-state index is 12.4. The van der Waals surface area contributed by atoms with Crippen LogP contribution in [0.2, 0.25) is 0 Å². The molecule has 1 heterocycles. The smallest absolute Gasteiger partial charge is 0.347 e. The van der Waals surface area contributed by atoms with Gasteiger partial charge in [-0.3, -0.25) is 0 Å². The van der Waals surface area contributed by atoms with Gasteiger partial charge < -0.3 is 18.9 Å². The van der Waals surface area contributed by atoms with E-state index >= 15 is 0 Å². The van der Waals surface area contributed by atoms with E-state index in [4.69, 9.17) is 18.9 Å². The number of hydrogen-bond donors (Lipinski definition) is 0. The molecule has 2 aromatic rings. The summed E-state index contributed by atoms with van der Waals surface area (Å²) in [4.78, 5) is 20.6. The second kappa shape index (κ2) is 7.38. The van der Waals surface area contributed by atoms with E-state index in [-0.39, 0.29) is 23.7 Å². The second-order valence-electron chi connectivity index (χ2n) is 5.64. The Bertz CT molecular complexity index is 743. The number of carbonyl (C=O) groups is 1. The van der Waals surface area contributed by atoms with Crippen molar-refractivity contribution in [1.29, 1.82) is 0 Å². The summed E-state index contributed by atoms with van der Waals surface area (Å²) in [6.45, 7) is 0. The van der Waals surface area contributed by atoms with Crippen molar-refractivity contribution in [2.45, 2.75) is 24.9 Å². The van der Waals surface area contributed by atoms with Crippen molar-refractivity contribution < 1.29 is 23.7 Å². The Labute approximate surface area is 145 Å². The molecule has 132 valence electrons. The number of aromatic nitrogens is 2. The van der Waals surface area contributed by atoms with Crippen LogP contribution >= 0.6 is 0 Å². The van der Waals surface area contributed by atoms with E-state index in [1.54, 1.807) is 0 Å². The van der Waals surface area contributed by atoms with Gasteiger partial charge in [-0.15, -0.1) is 0 Å². The molecule has 0 amide bonds. The number of ether oxygens (including phenoxy) is 4. The van der Waals surface area contributed by atoms with Gasteiger partial charge in [0.15, 0.2) is 0 Å². The van der Waals surface area contributed by atoms with Gasteiger partial charge in [-0.1, -0.05) is 24.3 Å². The number of methoxy groups -OCH3 is 3. The fraction of sp³-hybridized carbons (Fsp3) is 0.389. The van der Waals surface area contributed by atoms with Crippen LogP contribution in [-0.2, 0) is 16.0 Å². The van der Waals surface area contributed by atoms with E-state index < -0.39 is 12.1 Å². The summed E-state index contributed by atoms with van der Waals surface area (Å²) in [5.41, 5.74) is 2.31. The van der Waals surface area contributed by atoms with Crippen LogP contribution in [0.5, 0.6) is 17.8 Å². The summed E-state index contributed by atoms with van der Waals surface area (Å²) < 4.78 is 21.0. The SMILES string of the molecule is COC(=O)C(Oc1nc(OC)cc(OC)n1)C1CCc2ccccc21. The first-order chi connectivity index (χ1) is 12.2. The predicted octanol–water partition coefficient (Wildman–Crippen LogP) is 2.14. The third kappa shape index (κ3) is 3.50. The first-order valence-electron chi connectivity index (χ1n) is 7.95. The van der Waals surface area contributed by atoms with Crippen molar-refractivity contribution in [1.82, 2.24) is 9.97 Å². The lowest BCUT2D eigenvalue weighted by Crippen LogP contribution is -2.34. The van der Waals surface area contributed by atoms with Crippen molar-refractivity contribution >= 4 is 5.97 Å². The number of benzene rings is 1. The number of aryl methyl sites for hydroxylation is 1. The zero-order valence-corrected chi connectivity index (χ0v) is 14.4. The average molecular weight is 344 g/mol. The quantitative estimate of drug-likeness (QED) is 0.743. The van der Waals surface area contributed by atoms with Crippen LogP contribution < -0.4 is 14.2 Å². The molecule has 0 bridgehead atoms. The van der Waals surface area contributed by atoms with E-state index in [9.17, 15) is 4.79 Å². The number of nitrogens with zero attached hydrogens (tertiary/aromatic N) is 2. The largest absolute Gasteiger partial charge is 0.481 e. The van der Waals surface area contributed by atoms with Gasteiger partial charge in [0.05, 0.1) is 27.4 Å². The molecule has 2 unspecified atom stereocenters. The summed E-state index contributed by atoms with van der Waals surface area (Å²) in [6.07, 6.45) is 0.839. The lowest BCUT2D eigenvalue weighted by atomic mass is 9.95. The van der Waals surface area contributed by atoms with Gasteiger partial charge in [0.1, 0.15) is 0 Å². The molecule has 0 saturated heterocycles. The van der Waals surface area contributed by atoms with Gasteiger partial charge in [-0.05, 0) is 24.0 Å². The summed E-state index contributed by atoms with van der Waals surface area (Å²) in [5.74, 6) is -0.00823. The third-order valence-electron chi connectivity index (χ3n) is 4.29. The molecule has 3 rings (SSSR count). The van der Waals surface area contributed by atoms with Crippen molar-refractivity contribution in [2.75, 3.05) is 21.3 Å². The van der Waals surface area contributed by atoms with Crippen LogP contribution in [0.15, 0.2) is 30.3 Å². The number of esters is 1. The van der Waals surface area contributed by atoms with Crippen LogP contribution in [0.25, 0.3) is 0 Å². The fourth-order valence-electron chi connectivity index (χ4n) is 3.07. The molecule has 0 radical (unpaired) electrons. The van der Waals surface area contributed by atoms with Gasteiger partial charge in [0.2, 0.25) is 17.9 Å². The van der Waals surface area contributed by atoms with Gasteiger partial charge in [0, 0.05) is 5.92 Å². The number of hydrogen-bond acceptors (Lipinski definition) is 7. The van der Waals surface area contributed by atoms with Crippen LogP contribution in [0.1, 0.15) is 23.5 Å². The standard InChI is InChI=1S/C18H20N2O5/c1-22-14-10-15(23-2)20-18(19-14)25-16(17(21)24-3)13-9-8-11-6-4-5-7-12(11)13/h4-7,10,13,16H,8-9H2,1-3H3. The highest BCUT2D eigenvalue weighted by Gasteiger charge is 2.37. The topological polar surface area (TPSA) is 79.8 Å². The first-order valence-corrected chi connectivity index (χ1v) is 7.95.